The Bertz CT molecular complexity index is 2700. The molecule has 0 aliphatic carbocycles. The predicted octanol–water partition coefficient (Wildman–Crippen LogP) is 12.2. The van der Waals surface area contributed by atoms with Gasteiger partial charge in [0.1, 0.15) is 6.07 Å². The van der Waals surface area contributed by atoms with E-state index in [1.165, 1.54) is 6.07 Å². The molecule has 0 bridgehead atoms. The molecule has 0 aliphatic heterocycles. The molecule has 0 aliphatic rings. The highest BCUT2D eigenvalue weighted by Gasteiger charge is 2.31. The van der Waals surface area contributed by atoms with Crippen LogP contribution in [0.25, 0.3) is 71.0 Å². The number of halogens is 3. The van der Waals surface area contributed by atoms with Crippen molar-refractivity contribution in [3.63, 3.8) is 0 Å². The maximum absolute atomic E-state index is 14.1. The standard InChI is InChI=1S/C43H29F3N4/c1-24-6-10-37-33(14-24)34-15-25(2)7-11-38(34)49(37)41-21-28(29-19-31(43(44,45)46)22-32(20-29)48-5)18-30(23-47)42(41)50-39-12-8-26(3)16-35(39)36-17-27(4)9-13-40(36)50/h6-22H,1-4H3. The molecule has 0 radical (unpaired) electrons. The highest BCUT2D eigenvalue weighted by Crippen LogP contribution is 2.43. The normalized spacial score (nSPS) is 11.9. The minimum atomic E-state index is -4.65. The van der Waals surface area contributed by atoms with Crippen molar-refractivity contribution in [2.75, 3.05) is 0 Å². The van der Waals surface area contributed by atoms with E-state index < -0.39 is 11.7 Å². The van der Waals surface area contributed by atoms with Crippen LogP contribution in [0.1, 0.15) is 33.4 Å². The number of benzene rings is 6. The van der Waals surface area contributed by atoms with Crippen molar-refractivity contribution < 1.29 is 13.2 Å². The van der Waals surface area contributed by atoms with Crippen LogP contribution < -0.4 is 0 Å². The molecule has 0 fully saturated rings. The van der Waals surface area contributed by atoms with Gasteiger partial charge in [-0.2, -0.15) is 18.4 Å². The molecule has 242 valence electrons. The number of aromatic nitrogens is 2. The van der Waals surface area contributed by atoms with Crippen molar-refractivity contribution in [1.29, 1.82) is 5.26 Å². The zero-order valence-electron chi connectivity index (χ0n) is 27.7. The van der Waals surface area contributed by atoms with E-state index in [1.54, 1.807) is 6.07 Å². The molecule has 0 amide bonds. The van der Waals surface area contributed by atoms with Gasteiger partial charge in [0, 0.05) is 27.1 Å². The fraction of sp³-hybridized carbons (Fsp3) is 0.116. The quantitative estimate of drug-likeness (QED) is 0.174. The molecule has 0 unspecified atom stereocenters. The third-order valence-electron chi connectivity index (χ3n) is 9.53. The summed E-state index contributed by atoms with van der Waals surface area (Å²) in [5, 5.41) is 15.1. The summed E-state index contributed by atoms with van der Waals surface area (Å²) >= 11 is 0. The molecular formula is C43H29F3N4. The highest BCUT2D eigenvalue weighted by atomic mass is 19.4. The van der Waals surface area contributed by atoms with Crippen LogP contribution in [0.4, 0.5) is 18.9 Å². The van der Waals surface area contributed by atoms with Crippen molar-refractivity contribution >= 4 is 49.3 Å². The first-order valence-corrected chi connectivity index (χ1v) is 16.2. The van der Waals surface area contributed by atoms with Gasteiger partial charge in [0.25, 0.3) is 0 Å². The average molecular weight is 659 g/mol. The Kier molecular flexibility index (Phi) is 6.89. The minimum Gasteiger partial charge on any atom is -0.307 e. The smallest absolute Gasteiger partial charge is 0.307 e. The van der Waals surface area contributed by atoms with E-state index in [1.807, 2.05) is 58.0 Å². The number of hydrogen-bond donors (Lipinski definition) is 0. The van der Waals surface area contributed by atoms with Crippen LogP contribution in [-0.2, 0) is 6.18 Å². The van der Waals surface area contributed by atoms with Gasteiger partial charge in [-0.05, 0) is 118 Å². The molecule has 4 nitrogen and oxygen atoms in total. The van der Waals surface area contributed by atoms with Crippen LogP contribution in [-0.4, -0.2) is 9.13 Å². The van der Waals surface area contributed by atoms with Crippen LogP contribution in [0, 0.1) is 45.6 Å². The van der Waals surface area contributed by atoms with Crippen molar-refractivity contribution in [2.24, 2.45) is 0 Å². The Balaban J connectivity index is 1.59. The zero-order valence-corrected chi connectivity index (χ0v) is 27.7. The average Bonchev–Trinajstić information content (AvgIpc) is 3.57. The fourth-order valence-electron chi connectivity index (χ4n) is 7.28. The van der Waals surface area contributed by atoms with Gasteiger partial charge in [-0.15, -0.1) is 0 Å². The van der Waals surface area contributed by atoms with Crippen molar-refractivity contribution in [1.82, 2.24) is 9.13 Å². The molecular weight excluding hydrogens is 629 g/mol. The van der Waals surface area contributed by atoms with E-state index in [0.717, 1.165) is 78.0 Å². The molecule has 6 aromatic carbocycles. The Morgan fingerprint density at radius 3 is 1.44 bits per heavy atom. The molecule has 0 N–H and O–H groups in total. The van der Waals surface area contributed by atoms with E-state index in [4.69, 9.17) is 6.57 Å². The molecule has 0 spiro atoms. The maximum Gasteiger partial charge on any atom is 0.415 e. The lowest BCUT2D eigenvalue weighted by Gasteiger charge is -2.20. The lowest BCUT2D eigenvalue weighted by molar-refractivity contribution is -0.137. The van der Waals surface area contributed by atoms with Crippen LogP contribution in [0.15, 0.2) is 103 Å². The molecule has 2 aromatic heterocycles. The van der Waals surface area contributed by atoms with Crippen LogP contribution in [0.2, 0.25) is 0 Å². The summed E-state index contributed by atoms with van der Waals surface area (Å²) < 4.78 is 46.5. The number of hydrogen-bond acceptors (Lipinski definition) is 1. The maximum atomic E-state index is 14.1. The second-order valence-electron chi connectivity index (χ2n) is 13.1. The summed E-state index contributed by atoms with van der Waals surface area (Å²) in [6, 6.07) is 34.3. The third kappa shape index (κ3) is 4.82. The van der Waals surface area contributed by atoms with Gasteiger partial charge in [0.2, 0.25) is 0 Å². The number of alkyl halides is 3. The molecule has 7 heteroatoms. The van der Waals surface area contributed by atoms with E-state index >= 15 is 0 Å². The van der Waals surface area contributed by atoms with Gasteiger partial charge in [-0.3, -0.25) is 0 Å². The van der Waals surface area contributed by atoms with Gasteiger partial charge in [0.05, 0.1) is 45.6 Å². The summed E-state index contributed by atoms with van der Waals surface area (Å²) in [7, 11) is 0. The van der Waals surface area contributed by atoms with Gasteiger partial charge in [-0.25, -0.2) is 4.85 Å². The first-order valence-electron chi connectivity index (χ1n) is 16.2. The third-order valence-corrected chi connectivity index (χ3v) is 9.53. The minimum absolute atomic E-state index is 0.130. The monoisotopic (exact) mass is 658 g/mol. The van der Waals surface area contributed by atoms with E-state index in [-0.39, 0.29) is 16.8 Å². The predicted molar refractivity (Wildman–Crippen MR) is 195 cm³/mol. The van der Waals surface area contributed by atoms with Crippen LogP contribution in [0.5, 0.6) is 0 Å². The Morgan fingerprint density at radius 2 is 1.02 bits per heavy atom. The van der Waals surface area contributed by atoms with Gasteiger partial charge >= 0.3 is 6.18 Å². The van der Waals surface area contributed by atoms with Crippen molar-refractivity contribution in [3.8, 4) is 28.6 Å². The lowest BCUT2D eigenvalue weighted by Crippen LogP contribution is -2.07. The van der Waals surface area contributed by atoms with Gasteiger partial charge < -0.3 is 9.13 Å². The summed E-state index contributed by atoms with van der Waals surface area (Å²) in [4.78, 5) is 3.36. The van der Waals surface area contributed by atoms with E-state index in [0.29, 0.717) is 16.9 Å². The first-order chi connectivity index (χ1) is 23.9. The summed E-state index contributed by atoms with van der Waals surface area (Å²) in [6.45, 7) is 15.8. The number of nitrogens with zero attached hydrogens (tertiary/aromatic N) is 4. The zero-order chi connectivity index (χ0) is 35.1. The number of aryl methyl sites for hydroxylation is 4. The van der Waals surface area contributed by atoms with Crippen molar-refractivity contribution in [3.05, 3.63) is 148 Å². The molecule has 50 heavy (non-hydrogen) atoms. The summed E-state index contributed by atoms with van der Waals surface area (Å²) in [5.74, 6) is 0. The second kappa shape index (κ2) is 11.1. The van der Waals surface area contributed by atoms with Crippen molar-refractivity contribution in [2.45, 2.75) is 33.9 Å². The Labute approximate surface area is 286 Å². The van der Waals surface area contributed by atoms with E-state index in [9.17, 15) is 18.4 Å². The molecule has 0 saturated heterocycles. The van der Waals surface area contributed by atoms with Crippen LogP contribution >= 0.6 is 0 Å². The topological polar surface area (TPSA) is 38.0 Å². The summed E-state index contributed by atoms with van der Waals surface area (Å²) in [5.41, 5.74) is 9.08. The SMILES string of the molecule is [C-]#[N+]c1cc(-c2cc(C#N)c(-n3c4ccc(C)cc4c4cc(C)ccc43)c(-n3c4ccc(C)cc4c4cc(C)ccc43)c2)cc(C(F)(F)F)c1. The highest BCUT2D eigenvalue weighted by molar-refractivity contribution is 6.12. The molecule has 2 heterocycles. The van der Waals surface area contributed by atoms with Gasteiger partial charge in [0.15, 0.2) is 5.69 Å². The van der Waals surface area contributed by atoms with Gasteiger partial charge in [-0.1, -0.05) is 46.5 Å². The fourth-order valence-corrected chi connectivity index (χ4v) is 7.28. The van der Waals surface area contributed by atoms with E-state index in [2.05, 4.69) is 68.6 Å². The molecule has 0 saturated carbocycles. The lowest BCUT2D eigenvalue weighted by atomic mass is 9.97. The largest absolute Gasteiger partial charge is 0.415 e. The number of nitriles is 1. The Morgan fingerprint density at radius 1 is 0.580 bits per heavy atom. The second-order valence-corrected chi connectivity index (χ2v) is 13.1. The first kappa shape index (κ1) is 31.0. The number of rotatable bonds is 3. The Hall–Kier alpha value is -6.31. The van der Waals surface area contributed by atoms with Crippen LogP contribution in [0.3, 0.4) is 0 Å². The molecule has 0 atom stereocenters. The molecule has 8 aromatic rings. The summed E-state index contributed by atoms with van der Waals surface area (Å²) in [6.07, 6.45) is -4.65. The molecule has 8 rings (SSSR count). The number of fused-ring (bicyclic) bond motifs is 6.